The van der Waals surface area contributed by atoms with Crippen molar-refractivity contribution in [1.82, 2.24) is 0 Å². The summed E-state index contributed by atoms with van der Waals surface area (Å²) in [5, 5.41) is 0. The smallest absolute Gasteiger partial charge is 0.165 e. The Kier molecular flexibility index (Phi) is 4.81. The molecule has 2 rings (SSSR count). The highest BCUT2D eigenvalue weighted by Gasteiger charge is 2.17. The molecule has 0 aliphatic heterocycles. The van der Waals surface area contributed by atoms with Crippen LogP contribution in [0.1, 0.15) is 22.7 Å². The van der Waals surface area contributed by atoms with Gasteiger partial charge < -0.3 is 15.2 Å². The van der Waals surface area contributed by atoms with Gasteiger partial charge in [-0.15, -0.1) is 0 Å². The molecule has 1 atom stereocenters. The predicted octanol–water partition coefficient (Wildman–Crippen LogP) is 3.39. The van der Waals surface area contributed by atoms with Crippen LogP contribution in [-0.2, 0) is 6.42 Å². The summed E-state index contributed by atoms with van der Waals surface area (Å²) in [6.45, 7) is 1.88. The van der Waals surface area contributed by atoms with Crippen LogP contribution in [0, 0.1) is 12.7 Å². The van der Waals surface area contributed by atoms with Crippen LogP contribution in [0.15, 0.2) is 36.4 Å². The van der Waals surface area contributed by atoms with Gasteiger partial charge in [-0.25, -0.2) is 4.39 Å². The van der Waals surface area contributed by atoms with Crippen LogP contribution in [0.25, 0.3) is 0 Å². The van der Waals surface area contributed by atoms with Crippen molar-refractivity contribution in [3.8, 4) is 11.5 Å². The summed E-state index contributed by atoms with van der Waals surface area (Å²) >= 11 is 0. The van der Waals surface area contributed by atoms with Crippen molar-refractivity contribution < 1.29 is 13.9 Å². The number of aryl methyl sites for hydroxylation is 1. The first-order valence-corrected chi connectivity index (χ1v) is 6.78. The van der Waals surface area contributed by atoms with E-state index in [1.807, 2.05) is 25.1 Å². The summed E-state index contributed by atoms with van der Waals surface area (Å²) in [5.41, 5.74) is 9.10. The number of hydrogen-bond acceptors (Lipinski definition) is 3. The van der Waals surface area contributed by atoms with Crippen molar-refractivity contribution >= 4 is 0 Å². The Balaban J connectivity index is 2.30. The molecular weight excluding hydrogens is 269 g/mol. The van der Waals surface area contributed by atoms with Crippen LogP contribution < -0.4 is 15.2 Å². The van der Waals surface area contributed by atoms with E-state index in [1.54, 1.807) is 20.3 Å². The molecule has 0 saturated heterocycles. The second-order valence-electron chi connectivity index (χ2n) is 4.96. The lowest BCUT2D eigenvalue weighted by Gasteiger charge is -2.18. The van der Waals surface area contributed by atoms with Gasteiger partial charge in [-0.2, -0.15) is 0 Å². The van der Waals surface area contributed by atoms with E-state index >= 15 is 0 Å². The minimum atomic E-state index is -0.251. The molecule has 0 amide bonds. The molecule has 4 heteroatoms. The van der Waals surface area contributed by atoms with Crippen molar-refractivity contribution in [3.63, 3.8) is 0 Å². The molecule has 0 spiro atoms. The first-order chi connectivity index (χ1) is 10.1. The summed E-state index contributed by atoms with van der Waals surface area (Å²) in [6.07, 6.45) is 0.607. The molecule has 0 aliphatic rings. The highest BCUT2D eigenvalue weighted by molar-refractivity contribution is 5.48. The van der Waals surface area contributed by atoms with Gasteiger partial charge in [0.05, 0.1) is 14.2 Å². The van der Waals surface area contributed by atoms with Crippen molar-refractivity contribution in [1.29, 1.82) is 0 Å². The van der Waals surface area contributed by atoms with Crippen molar-refractivity contribution in [2.45, 2.75) is 19.4 Å². The van der Waals surface area contributed by atoms with Crippen LogP contribution in [-0.4, -0.2) is 14.2 Å². The van der Waals surface area contributed by atoms with Gasteiger partial charge in [-0.1, -0.05) is 18.2 Å². The molecular formula is C17H20FNO2. The van der Waals surface area contributed by atoms with E-state index in [2.05, 4.69) is 0 Å². The standard InChI is InChI=1S/C17H20FNO2/c1-11-9-13(18)8-7-12(11)10-15(19)14-5-4-6-16(20-2)17(14)21-3/h4-9,15H,10,19H2,1-3H3. The molecule has 0 fully saturated rings. The largest absolute Gasteiger partial charge is 0.493 e. The van der Waals surface area contributed by atoms with Crippen LogP contribution in [0.5, 0.6) is 11.5 Å². The second-order valence-corrected chi connectivity index (χ2v) is 4.96. The zero-order valence-corrected chi connectivity index (χ0v) is 12.5. The molecule has 2 aromatic rings. The van der Waals surface area contributed by atoms with Crippen molar-refractivity contribution in [2.24, 2.45) is 5.73 Å². The number of ether oxygens (including phenoxy) is 2. The summed E-state index contributed by atoms with van der Waals surface area (Å²) < 4.78 is 23.9. The fourth-order valence-electron chi connectivity index (χ4n) is 2.44. The van der Waals surface area contributed by atoms with Crippen LogP contribution in [0.3, 0.4) is 0 Å². The maximum absolute atomic E-state index is 13.2. The topological polar surface area (TPSA) is 44.5 Å². The Labute approximate surface area is 124 Å². The molecule has 1 unspecified atom stereocenters. The molecule has 0 radical (unpaired) electrons. The van der Waals surface area contributed by atoms with Gasteiger partial charge in [0, 0.05) is 11.6 Å². The molecule has 112 valence electrons. The third-order valence-electron chi connectivity index (χ3n) is 3.58. The third kappa shape index (κ3) is 3.34. The zero-order chi connectivity index (χ0) is 15.4. The number of rotatable bonds is 5. The van der Waals surface area contributed by atoms with Crippen molar-refractivity contribution in [3.05, 3.63) is 58.9 Å². The molecule has 0 saturated carbocycles. The zero-order valence-electron chi connectivity index (χ0n) is 12.5. The number of nitrogens with two attached hydrogens (primary N) is 1. The Morgan fingerprint density at radius 1 is 1.14 bits per heavy atom. The molecule has 0 heterocycles. The van der Waals surface area contributed by atoms with Crippen LogP contribution in [0.2, 0.25) is 0 Å². The minimum Gasteiger partial charge on any atom is -0.493 e. The van der Waals surface area contributed by atoms with E-state index in [1.165, 1.54) is 12.1 Å². The SMILES string of the molecule is COc1cccc(C(N)Cc2ccc(F)cc2C)c1OC. The Hall–Kier alpha value is -2.07. The number of para-hydroxylation sites is 1. The molecule has 2 N–H and O–H groups in total. The Morgan fingerprint density at radius 3 is 2.52 bits per heavy atom. The fraction of sp³-hybridized carbons (Fsp3) is 0.294. The van der Waals surface area contributed by atoms with Crippen LogP contribution in [0.4, 0.5) is 4.39 Å². The molecule has 21 heavy (non-hydrogen) atoms. The van der Waals surface area contributed by atoms with Crippen molar-refractivity contribution in [2.75, 3.05) is 14.2 Å². The van der Waals surface area contributed by atoms with Gasteiger partial charge in [0.2, 0.25) is 0 Å². The van der Waals surface area contributed by atoms with E-state index in [9.17, 15) is 4.39 Å². The molecule has 2 aromatic carbocycles. The second kappa shape index (κ2) is 6.59. The fourth-order valence-corrected chi connectivity index (χ4v) is 2.44. The minimum absolute atomic E-state index is 0.233. The summed E-state index contributed by atoms with van der Waals surface area (Å²) in [7, 11) is 3.19. The quantitative estimate of drug-likeness (QED) is 0.917. The average Bonchev–Trinajstić information content (AvgIpc) is 2.49. The Bertz CT molecular complexity index is 628. The highest BCUT2D eigenvalue weighted by atomic mass is 19.1. The number of benzene rings is 2. The normalized spacial score (nSPS) is 12.0. The summed E-state index contributed by atoms with van der Waals surface area (Å²) in [4.78, 5) is 0. The number of methoxy groups -OCH3 is 2. The van der Waals surface area contributed by atoms with Gasteiger partial charge in [0.25, 0.3) is 0 Å². The molecule has 0 aromatic heterocycles. The Morgan fingerprint density at radius 2 is 1.90 bits per heavy atom. The van der Waals surface area contributed by atoms with Gasteiger partial charge in [-0.3, -0.25) is 0 Å². The number of hydrogen-bond donors (Lipinski definition) is 1. The van der Waals surface area contributed by atoms with Gasteiger partial charge >= 0.3 is 0 Å². The lowest BCUT2D eigenvalue weighted by molar-refractivity contribution is 0.349. The number of halogens is 1. The molecule has 0 aliphatic carbocycles. The lowest BCUT2D eigenvalue weighted by atomic mass is 9.96. The molecule has 3 nitrogen and oxygen atoms in total. The van der Waals surface area contributed by atoms with Gasteiger partial charge in [0.15, 0.2) is 11.5 Å². The van der Waals surface area contributed by atoms with Gasteiger partial charge in [-0.05, 0) is 42.7 Å². The average molecular weight is 289 g/mol. The van der Waals surface area contributed by atoms with E-state index in [0.29, 0.717) is 17.9 Å². The monoisotopic (exact) mass is 289 g/mol. The first kappa shape index (κ1) is 15.3. The van der Waals surface area contributed by atoms with E-state index in [4.69, 9.17) is 15.2 Å². The lowest BCUT2D eigenvalue weighted by Crippen LogP contribution is -2.15. The van der Waals surface area contributed by atoms with Gasteiger partial charge in [0.1, 0.15) is 5.82 Å². The maximum atomic E-state index is 13.2. The van der Waals surface area contributed by atoms with E-state index < -0.39 is 0 Å². The predicted molar refractivity (Wildman–Crippen MR) is 81.3 cm³/mol. The van der Waals surface area contributed by atoms with E-state index in [0.717, 1.165) is 16.7 Å². The van der Waals surface area contributed by atoms with Crippen LogP contribution >= 0.6 is 0 Å². The molecule has 0 bridgehead atoms. The summed E-state index contributed by atoms with van der Waals surface area (Å²) in [6, 6.07) is 10.1. The van der Waals surface area contributed by atoms with E-state index in [-0.39, 0.29) is 11.9 Å². The maximum Gasteiger partial charge on any atom is 0.165 e. The first-order valence-electron chi connectivity index (χ1n) is 6.78. The summed E-state index contributed by atoms with van der Waals surface area (Å²) in [5.74, 6) is 1.07. The highest BCUT2D eigenvalue weighted by Crippen LogP contribution is 2.35. The third-order valence-corrected chi connectivity index (χ3v) is 3.58.